The zero-order valence-electron chi connectivity index (χ0n) is 11.2. The van der Waals surface area contributed by atoms with Crippen LogP contribution in [0.25, 0.3) is 0 Å². The van der Waals surface area contributed by atoms with Gasteiger partial charge in [0.25, 0.3) is 0 Å². The number of pyridine rings is 1. The van der Waals surface area contributed by atoms with E-state index in [1.165, 1.54) is 0 Å². The summed E-state index contributed by atoms with van der Waals surface area (Å²) in [5, 5.41) is 12.7. The van der Waals surface area contributed by atoms with Gasteiger partial charge in [-0.05, 0) is 12.1 Å². The van der Waals surface area contributed by atoms with Crippen LogP contribution < -0.4 is 10.1 Å². The Balaban J connectivity index is 2.35. The van der Waals surface area contributed by atoms with Crippen molar-refractivity contribution in [3.05, 3.63) is 24.0 Å². The van der Waals surface area contributed by atoms with Gasteiger partial charge in [-0.2, -0.15) is 0 Å². The molecule has 1 rings (SSSR count). The van der Waals surface area contributed by atoms with E-state index < -0.39 is 6.10 Å². The van der Waals surface area contributed by atoms with Gasteiger partial charge in [-0.1, -0.05) is 13.8 Å². The van der Waals surface area contributed by atoms with Gasteiger partial charge in [0.15, 0.2) is 0 Å². The maximum Gasteiger partial charge on any atom is 0.137 e. The summed E-state index contributed by atoms with van der Waals surface area (Å²) in [6, 6.07) is 4.20. The molecule has 0 aliphatic carbocycles. The Hall–Kier alpha value is -1.17. The van der Waals surface area contributed by atoms with Crippen LogP contribution in [0.1, 0.15) is 19.5 Å². The first-order valence-electron chi connectivity index (χ1n) is 6.10. The molecule has 0 aliphatic heterocycles. The van der Waals surface area contributed by atoms with E-state index in [9.17, 15) is 5.11 Å². The van der Waals surface area contributed by atoms with E-state index in [1.54, 1.807) is 13.3 Å². The third-order valence-corrected chi connectivity index (χ3v) is 2.29. The molecule has 0 fully saturated rings. The van der Waals surface area contributed by atoms with Crippen molar-refractivity contribution in [2.24, 2.45) is 0 Å². The standard InChI is InChI=1S/C13H22N2O3/c1-10(2)14-6-11-4-5-13(7-15-11)18-9-12(16)8-17-3/h4-5,7,10,12,14,16H,6,8-9H2,1-3H3. The topological polar surface area (TPSA) is 63.6 Å². The number of hydrogen-bond acceptors (Lipinski definition) is 5. The largest absolute Gasteiger partial charge is 0.489 e. The highest BCUT2D eigenvalue weighted by Gasteiger charge is 2.04. The number of methoxy groups -OCH3 is 1. The van der Waals surface area contributed by atoms with Gasteiger partial charge in [0.05, 0.1) is 18.5 Å². The molecular weight excluding hydrogens is 232 g/mol. The quantitative estimate of drug-likeness (QED) is 0.723. The molecule has 0 amide bonds. The number of hydrogen-bond donors (Lipinski definition) is 2. The zero-order valence-corrected chi connectivity index (χ0v) is 11.2. The van der Waals surface area contributed by atoms with Crippen LogP contribution in [0.4, 0.5) is 0 Å². The van der Waals surface area contributed by atoms with Crippen molar-refractivity contribution < 1.29 is 14.6 Å². The highest BCUT2D eigenvalue weighted by atomic mass is 16.5. The summed E-state index contributed by atoms with van der Waals surface area (Å²) in [5.74, 6) is 0.651. The number of aromatic nitrogens is 1. The molecule has 1 aromatic heterocycles. The lowest BCUT2D eigenvalue weighted by molar-refractivity contribution is 0.0324. The molecular formula is C13H22N2O3. The maximum atomic E-state index is 9.43. The first-order chi connectivity index (χ1) is 8.61. The number of ether oxygens (including phenoxy) is 2. The molecule has 0 spiro atoms. The van der Waals surface area contributed by atoms with E-state index >= 15 is 0 Å². The van der Waals surface area contributed by atoms with Crippen LogP contribution in [0.15, 0.2) is 18.3 Å². The summed E-state index contributed by atoms with van der Waals surface area (Å²) in [6.45, 7) is 5.40. The molecule has 1 heterocycles. The summed E-state index contributed by atoms with van der Waals surface area (Å²) in [5.41, 5.74) is 0.966. The van der Waals surface area contributed by atoms with E-state index in [-0.39, 0.29) is 13.2 Å². The Morgan fingerprint density at radius 3 is 2.67 bits per heavy atom. The van der Waals surface area contributed by atoms with Gasteiger partial charge < -0.3 is 19.9 Å². The molecule has 0 aliphatic rings. The molecule has 1 aromatic rings. The molecule has 1 unspecified atom stereocenters. The van der Waals surface area contributed by atoms with Gasteiger partial charge in [0.2, 0.25) is 0 Å². The maximum absolute atomic E-state index is 9.43. The second-order valence-corrected chi connectivity index (χ2v) is 4.44. The first-order valence-corrected chi connectivity index (χ1v) is 6.10. The Morgan fingerprint density at radius 1 is 1.33 bits per heavy atom. The average molecular weight is 254 g/mol. The number of nitrogens with one attached hydrogen (secondary N) is 1. The molecule has 0 saturated carbocycles. The minimum Gasteiger partial charge on any atom is -0.489 e. The summed E-state index contributed by atoms with van der Waals surface area (Å²) in [4.78, 5) is 4.27. The van der Waals surface area contributed by atoms with E-state index in [1.807, 2.05) is 12.1 Å². The van der Waals surface area contributed by atoms with Crippen molar-refractivity contribution >= 4 is 0 Å². The Kier molecular flexibility index (Phi) is 6.64. The lowest BCUT2D eigenvalue weighted by atomic mass is 10.3. The van der Waals surface area contributed by atoms with Crippen molar-refractivity contribution in [2.45, 2.75) is 32.5 Å². The molecule has 2 N–H and O–H groups in total. The Bertz CT molecular complexity index is 328. The second-order valence-electron chi connectivity index (χ2n) is 4.44. The van der Waals surface area contributed by atoms with Crippen LogP contribution >= 0.6 is 0 Å². The fourth-order valence-electron chi connectivity index (χ4n) is 1.34. The number of nitrogens with zero attached hydrogens (tertiary/aromatic N) is 1. The van der Waals surface area contributed by atoms with Crippen molar-refractivity contribution in [3.63, 3.8) is 0 Å². The van der Waals surface area contributed by atoms with Crippen LogP contribution in [0.3, 0.4) is 0 Å². The van der Waals surface area contributed by atoms with Gasteiger partial charge in [-0.15, -0.1) is 0 Å². The second kappa shape index (κ2) is 8.02. The van der Waals surface area contributed by atoms with Crippen LogP contribution in [-0.4, -0.2) is 42.6 Å². The van der Waals surface area contributed by atoms with Gasteiger partial charge >= 0.3 is 0 Å². The molecule has 5 heteroatoms. The number of aliphatic hydroxyl groups excluding tert-OH is 1. The first kappa shape index (κ1) is 14.9. The highest BCUT2D eigenvalue weighted by Crippen LogP contribution is 2.09. The highest BCUT2D eigenvalue weighted by molar-refractivity contribution is 5.19. The van der Waals surface area contributed by atoms with Crippen LogP contribution in [-0.2, 0) is 11.3 Å². The number of rotatable bonds is 8. The van der Waals surface area contributed by atoms with Gasteiger partial charge in [0, 0.05) is 19.7 Å². The third kappa shape index (κ3) is 5.95. The average Bonchev–Trinajstić information content (AvgIpc) is 2.35. The normalized spacial score (nSPS) is 12.7. The summed E-state index contributed by atoms with van der Waals surface area (Å²) in [6.07, 6.45) is 1.05. The van der Waals surface area contributed by atoms with E-state index in [0.717, 1.165) is 12.2 Å². The zero-order chi connectivity index (χ0) is 13.4. The van der Waals surface area contributed by atoms with Gasteiger partial charge in [-0.25, -0.2) is 0 Å². The molecule has 5 nitrogen and oxygen atoms in total. The molecule has 1 atom stereocenters. The summed E-state index contributed by atoms with van der Waals surface area (Å²) < 4.78 is 10.2. The van der Waals surface area contributed by atoms with E-state index in [4.69, 9.17) is 9.47 Å². The van der Waals surface area contributed by atoms with Crippen molar-refractivity contribution in [3.8, 4) is 5.75 Å². The molecule has 0 bridgehead atoms. The van der Waals surface area contributed by atoms with Crippen LogP contribution in [0.5, 0.6) is 5.75 Å². The fraction of sp³-hybridized carbons (Fsp3) is 0.615. The lowest BCUT2D eigenvalue weighted by Crippen LogP contribution is -2.23. The molecule has 0 aromatic carbocycles. The minimum atomic E-state index is -0.614. The van der Waals surface area contributed by atoms with E-state index in [0.29, 0.717) is 11.8 Å². The molecule has 18 heavy (non-hydrogen) atoms. The van der Waals surface area contributed by atoms with E-state index in [2.05, 4.69) is 24.1 Å². The molecule has 0 saturated heterocycles. The van der Waals surface area contributed by atoms with Gasteiger partial charge in [-0.3, -0.25) is 4.98 Å². The monoisotopic (exact) mass is 254 g/mol. The van der Waals surface area contributed by atoms with Gasteiger partial charge in [0.1, 0.15) is 18.5 Å². The SMILES string of the molecule is COCC(O)COc1ccc(CNC(C)C)nc1. The summed E-state index contributed by atoms with van der Waals surface area (Å²) >= 11 is 0. The van der Waals surface area contributed by atoms with Crippen molar-refractivity contribution in [2.75, 3.05) is 20.3 Å². The summed E-state index contributed by atoms with van der Waals surface area (Å²) in [7, 11) is 1.54. The Labute approximate surface area is 108 Å². The predicted octanol–water partition coefficient (Wildman–Crippen LogP) is 0.966. The van der Waals surface area contributed by atoms with Crippen LogP contribution in [0.2, 0.25) is 0 Å². The lowest BCUT2D eigenvalue weighted by Gasteiger charge is -2.11. The molecule has 102 valence electrons. The third-order valence-electron chi connectivity index (χ3n) is 2.29. The Morgan fingerprint density at radius 2 is 2.11 bits per heavy atom. The number of aliphatic hydroxyl groups is 1. The fourth-order valence-corrected chi connectivity index (χ4v) is 1.34. The van der Waals surface area contributed by atoms with Crippen molar-refractivity contribution in [1.29, 1.82) is 0 Å². The van der Waals surface area contributed by atoms with Crippen LogP contribution in [0, 0.1) is 0 Å². The smallest absolute Gasteiger partial charge is 0.137 e. The molecule has 0 radical (unpaired) electrons. The predicted molar refractivity (Wildman–Crippen MR) is 69.6 cm³/mol. The van der Waals surface area contributed by atoms with Crippen molar-refractivity contribution in [1.82, 2.24) is 10.3 Å². The minimum absolute atomic E-state index is 0.207.